The summed E-state index contributed by atoms with van der Waals surface area (Å²) in [6, 6.07) is 10.4. The zero-order valence-electron chi connectivity index (χ0n) is 11.8. The van der Waals surface area contributed by atoms with Crippen LogP contribution in [0.5, 0.6) is 0 Å². The summed E-state index contributed by atoms with van der Waals surface area (Å²) in [5.41, 5.74) is 1.02. The lowest BCUT2D eigenvalue weighted by Gasteiger charge is -2.16. The minimum Gasteiger partial charge on any atom is -0.469 e. The van der Waals surface area contributed by atoms with E-state index in [1.807, 2.05) is 30.3 Å². The maximum absolute atomic E-state index is 11.9. The van der Waals surface area contributed by atoms with Crippen molar-refractivity contribution in [1.82, 2.24) is 5.32 Å². The molecule has 0 aromatic heterocycles. The Kier molecular flexibility index (Phi) is 4.97. The number of benzene rings is 1. The van der Waals surface area contributed by atoms with Crippen LogP contribution in [0.1, 0.15) is 37.7 Å². The van der Waals surface area contributed by atoms with Crippen LogP contribution in [0.15, 0.2) is 30.3 Å². The van der Waals surface area contributed by atoms with Gasteiger partial charge in [-0.15, -0.1) is 0 Å². The highest BCUT2D eigenvalue weighted by atomic mass is 16.5. The lowest BCUT2D eigenvalue weighted by molar-refractivity contribution is -0.142. The molecule has 2 rings (SSSR count). The van der Waals surface area contributed by atoms with E-state index in [0.29, 0.717) is 12.6 Å². The predicted octanol–water partition coefficient (Wildman–Crippen LogP) is 2.72. The zero-order chi connectivity index (χ0) is 13.7. The van der Waals surface area contributed by atoms with E-state index in [2.05, 4.69) is 12.2 Å². The Bertz CT molecular complexity index is 404. The van der Waals surface area contributed by atoms with Crippen LogP contribution < -0.4 is 5.32 Å². The van der Waals surface area contributed by atoms with Gasteiger partial charge in [-0.2, -0.15) is 0 Å². The van der Waals surface area contributed by atoms with Crippen molar-refractivity contribution >= 4 is 5.97 Å². The second-order valence-corrected chi connectivity index (χ2v) is 5.29. The van der Waals surface area contributed by atoms with Crippen LogP contribution in [-0.2, 0) is 9.53 Å². The lowest BCUT2D eigenvalue weighted by Crippen LogP contribution is -2.30. The molecule has 1 N–H and O–H groups in total. The van der Waals surface area contributed by atoms with Gasteiger partial charge in [0.15, 0.2) is 0 Å². The molecule has 0 radical (unpaired) electrons. The Morgan fingerprint density at radius 2 is 2.16 bits per heavy atom. The summed E-state index contributed by atoms with van der Waals surface area (Å²) in [5, 5.41) is 3.50. The average molecular weight is 261 g/mol. The zero-order valence-corrected chi connectivity index (χ0v) is 11.8. The molecular weight excluding hydrogens is 238 g/mol. The Hall–Kier alpha value is -1.35. The van der Waals surface area contributed by atoms with Gasteiger partial charge in [0.25, 0.3) is 0 Å². The summed E-state index contributed by atoms with van der Waals surface area (Å²) < 4.78 is 4.91. The van der Waals surface area contributed by atoms with Gasteiger partial charge in [0.1, 0.15) is 0 Å². The molecule has 0 heterocycles. The van der Waals surface area contributed by atoms with Crippen molar-refractivity contribution in [3.05, 3.63) is 35.9 Å². The molecule has 1 aromatic carbocycles. The Labute approximate surface area is 115 Å². The van der Waals surface area contributed by atoms with Gasteiger partial charge in [-0.1, -0.05) is 43.7 Å². The number of hydrogen-bond acceptors (Lipinski definition) is 3. The van der Waals surface area contributed by atoms with E-state index in [4.69, 9.17) is 4.74 Å². The lowest BCUT2D eigenvalue weighted by atomic mass is 9.99. The average Bonchev–Trinajstić information content (AvgIpc) is 3.18. The van der Waals surface area contributed by atoms with Crippen LogP contribution in [0.4, 0.5) is 0 Å². The summed E-state index contributed by atoms with van der Waals surface area (Å²) in [4.78, 5) is 11.9. The third kappa shape index (κ3) is 3.80. The first kappa shape index (κ1) is 14.1. The van der Waals surface area contributed by atoms with Crippen molar-refractivity contribution in [3.8, 4) is 0 Å². The molecule has 0 bridgehead atoms. The molecule has 3 unspecified atom stereocenters. The topological polar surface area (TPSA) is 38.3 Å². The van der Waals surface area contributed by atoms with Gasteiger partial charge < -0.3 is 10.1 Å². The maximum Gasteiger partial charge on any atom is 0.314 e. The predicted molar refractivity (Wildman–Crippen MR) is 76.0 cm³/mol. The minimum absolute atomic E-state index is 0.161. The van der Waals surface area contributed by atoms with E-state index in [1.165, 1.54) is 26.4 Å². The number of nitrogens with one attached hydrogen (secondary N) is 1. The summed E-state index contributed by atoms with van der Waals surface area (Å²) in [7, 11) is 1.45. The fourth-order valence-corrected chi connectivity index (χ4v) is 2.62. The smallest absolute Gasteiger partial charge is 0.314 e. The molecule has 0 amide bonds. The molecular formula is C16H23NO2. The van der Waals surface area contributed by atoms with Gasteiger partial charge in [-0.25, -0.2) is 0 Å². The van der Waals surface area contributed by atoms with Gasteiger partial charge in [-0.05, 0) is 24.3 Å². The van der Waals surface area contributed by atoms with E-state index >= 15 is 0 Å². The molecule has 0 aliphatic heterocycles. The largest absolute Gasteiger partial charge is 0.469 e. The minimum atomic E-state index is -0.200. The first-order valence-electron chi connectivity index (χ1n) is 7.12. The highest BCUT2D eigenvalue weighted by Crippen LogP contribution is 2.34. The molecule has 0 spiro atoms. The van der Waals surface area contributed by atoms with Crippen molar-refractivity contribution < 1.29 is 9.53 Å². The molecule has 1 saturated carbocycles. The first-order chi connectivity index (χ1) is 9.26. The normalized spacial score (nSPS) is 22.8. The van der Waals surface area contributed by atoms with E-state index in [-0.39, 0.29) is 11.9 Å². The van der Waals surface area contributed by atoms with E-state index in [1.54, 1.807) is 0 Å². The number of hydrogen-bond donors (Lipinski definition) is 1. The van der Waals surface area contributed by atoms with Crippen molar-refractivity contribution in [3.63, 3.8) is 0 Å². The van der Waals surface area contributed by atoms with Gasteiger partial charge in [-0.3, -0.25) is 4.79 Å². The molecule has 3 nitrogen and oxygen atoms in total. The monoisotopic (exact) mass is 261 g/mol. The SMILES string of the molecule is CCCC1CC1NCC(C(=O)OC)c1ccccc1. The quantitative estimate of drug-likeness (QED) is 0.767. The fourth-order valence-electron chi connectivity index (χ4n) is 2.62. The Balaban J connectivity index is 1.91. The van der Waals surface area contributed by atoms with Crippen molar-refractivity contribution in [2.75, 3.05) is 13.7 Å². The number of carbonyl (C=O) groups is 1. The van der Waals surface area contributed by atoms with Crippen molar-refractivity contribution in [2.24, 2.45) is 5.92 Å². The molecule has 3 heteroatoms. The van der Waals surface area contributed by atoms with Crippen LogP contribution in [0.2, 0.25) is 0 Å². The molecule has 3 atom stereocenters. The molecule has 1 aliphatic rings. The first-order valence-corrected chi connectivity index (χ1v) is 7.12. The van der Waals surface area contributed by atoms with Crippen LogP contribution >= 0.6 is 0 Å². The van der Waals surface area contributed by atoms with Crippen LogP contribution in [0.25, 0.3) is 0 Å². The van der Waals surface area contributed by atoms with E-state index in [0.717, 1.165) is 11.5 Å². The molecule has 19 heavy (non-hydrogen) atoms. The number of carbonyl (C=O) groups excluding carboxylic acids is 1. The second kappa shape index (κ2) is 6.71. The summed E-state index contributed by atoms with van der Waals surface area (Å²) >= 11 is 0. The van der Waals surface area contributed by atoms with E-state index in [9.17, 15) is 4.79 Å². The van der Waals surface area contributed by atoms with Crippen LogP contribution in [-0.4, -0.2) is 25.7 Å². The third-order valence-corrected chi connectivity index (χ3v) is 3.85. The van der Waals surface area contributed by atoms with Gasteiger partial charge in [0.05, 0.1) is 13.0 Å². The van der Waals surface area contributed by atoms with E-state index < -0.39 is 0 Å². The number of esters is 1. The fraction of sp³-hybridized carbons (Fsp3) is 0.562. The Morgan fingerprint density at radius 1 is 1.42 bits per heavy atom. The molecule has 104 valence electrons. The maximum atomic E-state index is 11.9. The number of ether oxygens (including phenoxy) is 1. The third-order valence-electron chi connectivity index (χ3n) is 3.85. The molecule has 1 aromatic rings. The highest BCUT2D eigenvalue weighted by molar-refractivity contribution is 5.78. The summed E-state index contributed by atoms with van der Waals surface area (Å²) in [6.45, 7) is 2.89. The number of rotatable bonds is 7. The number of methoxy groups -OCH3 is 1. The standard InChI is InChI=1S/C16H23NO2/c1-3-7-13-10-15(13)17-11-14(16(18)19-2)12-8-5-4-6-9-12/h4-6,8-9,13-15,17H,3,7,10-11H2,1-2H3. The van der Waals surface area contributed by atoms with Gasteiger partial charge >= 0.3 is 5.97 Å². The molecule has 1 fully saturated rings. The molecule has 1 aliphatic carbocycles. The van der Waals surface area contributed by atoms with Crippen molar-refractivity contribution in [1.29, 1.82) is 0 Å². The second-order valence-electron chi connectivity index (χ2n) is 5.29. The van der Waals surface area contributed by atoms with Crippen molar-refractivity contribution in [2.45, 2.75) is 38.1 Å². The molecule has 0 saturated heterocycles. The van der Waals surface area contributed by atoms with Gasteiger partial charge in [0, 0.05) is 12.6 Å². The van der Waals surface area contributed by atoms with Crippen LogP contribution in [0.3, 0.4) is 0 Å². The highest BCUT2D eigenvalue weighted by Gasteiger charge is 2.36. The summed E-state index contributed by atoms with van der Waals surface area (Å²) in [5.74, 6) is 0.444. The Morgan fingerprint density at radius 3 is 2.79 bits per heavy atom. The van der Waals surface area contributed by atoms with Gasteiger partial charge in [0.2, 0.25) is 0 Å². The van der Waals surface area contributed by atoms with Crippen LogP contribution in [0, 0.1) is 5.92 Å². The summed E-state index contributed by atoms with van der Waals surface area (Å²) in [6.07, 6.45) is 3.77.